The first kappa shape index (κ1) is 12.3. The van der Waals surface area contributed by atoms with Crippen LogP contribution in [0, 0.1) is 0 Å². The summed E-state index contributed by atoms with van der Waals surface area (Å²) in [6, 6.07) is 4.83. The van der Waals surface area contributed by atoms with Gasteiger partial charge in [-0.15, -0.1) is 0 Å². The molecule has 0 saturated heterocycles. The summed E-state index contributed by atoms with van der Waals surface area (Å²) in [6.07, 6.45) is -0.591. The van der Waals surface area contributed by atoms with E-state index in [4.69, 9.17) is 28.3 Å². The van der Waals surface area contributed by atoms with E-state index in [1.807, 2.05) is 0 Å². The maximum absolute atomic E-state index is 11.6. The maximum atomic E-state index is 11.6. The van der Waals surface area contributed by atoms with Crippen LogP contribution in [-0.2, 0) is 0 Å². The summed E-state index contributed by atoms with van der Waals surface area (Å²) in [5.41, 5.74) is 0.310. The van der Waals surface area contributed by atoms with Crippen LogP contribution in [0.15, 0.2) is 18.2 Å². The van der Waals surface area contributed by atoms with Gasteiger partial charge < -0.3 is 10.4 Å². The van der Waals surface area contributed by atoms with Crippen LogP contribution < -0.4 is 5.32 Å². The molecule has 0 aliphatic rings. The molecule has 0 bridgehead atoms. The highest BCUT2D eigenvalue weighted by Crippen LogP contribution is 2.25. The van der Waals surface area contributed by atoms with Crippen LogP contribution in [0.25, 0.3) is 0 Å². The van der Waals surface area contributed by atoms with Gasteiger partial charge in [0.15, 0.2) is 0 Å². The van der Waals surface area contributed by atoms with Crippen LogP contribution in [0.4, 0.5) is 0 Å². The predicted molar refractivity (Wildman–Crippen MR) is 60.5 cm³/mol. The average Bonchev–Trinajstić information content (AvgIpc) is 2.18. The van der Waals surface area contributed by atoms with E-state index in [2.05, 4.69) is 5.32 Å². The highest BCUT2D eigenvalue weighted by atomic mass is 35.5. The van der Waals surface area contributed by atoms with Crippen LogP contribution in [-0.4, -0.2) is 23.7 Å². The summed E-state index contributed by atoms with van der Waals surface area (Å²) < 4.78 is 0. The second kappa shape index (κ2) is 5.35. The number of nitrogens with one attached hydrogen (secondary N) is 1. The third-order valence-corrected chi connectivity index (χ3v) is 2.57. The zero-order valence-electron chi connectivity index (χ0n) is 8.13. The molecule has 1 amide bonds. The summed E-state index contributed by atoms with van der Waals surface area (Å²) in [6.45, 7) is 1.77. The summed E-state index contributed by atoms with van der Waals surface area (Å²) in [5.74, 6) is -0.344. The van der Waals surface area contributed by atoms with Crippen molar-refractivity contribution in [2.24, 2.45) is 0 Å². The summed E-state index contributed by atoms with van der Waals surface area (Å²) in [7, 11) is 0. The summed E-state index contributed by atoms with van der Waals surface area (Å²) in [5, 5.41) is 12.1. The fourth-order valence-corrected chi connectivity index (χ4v) is 1.40. The van der Waals surface area contributed by atoms with Crippen molar-refractivity contribution in [1.29, 1.82) is 0 Å². The molecule has 1 aromatic rings. The number of aliphatic hydroxyl groups excluding tert-OH is 1. The smallest absolute Gasteiger partial charge is 0.252 e. The van der Waals surface area contributed by atoms with Crippen LogP contribution in [0.5, 0.6) is 0 Å². The molecule has 0 aliphatic heterocycles. The molecule has 82 valence electrons. The molecular formula is C10H11Cl2NO2. The zero-order chi connectivity index (χ0) is 11.4. The molecule has 15 heavy (non-hydrogen) atoms. The van der Waals surface area contributed by atoms with E-state index in [0.29, 0.717) is 10.6 Å². The Hall–Kier alpha value is -0.770. The lowest BCUT2D eigenvalue weighted by Gasteiger charge is -2.08. The van der Waals surface area contributed by atoms with Crippen molar-refractivity contribution in [2.75, 3.05) is 6.54 Å². The van der Waals surface area contributed by atoms with E-state index in [0.717, 1.165) is 0 Å². The van der Waals surface area contributed by atoms with E-state index in [1.54, 1.807) is 25.1 Å². The Morgan fingerprint density at radius 2 is 2.20 bits per heavy atom. The number of carbonyl (C=O) groups is 1. The van der Waals surface area contributed by atoms with Gasteiger partial charge in [0.25, 0.3) is 5.91 Å². The van der Waals surface area contributed by atoms with Gasteiger partial charge in [-0.25, -0.2) is 0 Å². The molecule has 1 aromatic carbocycles. The number of benzene rings is 1. The van der Waals surface area contributed by atoms with Crippen molar-refractivity contribution < 1.29 is 9.90 Å². The Labute approximate surface area is 98.0 Å². The minimum atomic E-state index is -0.591. The molecule has 1 atom stereocenters. The molecule has 0 radical (unpaired) electrons. The number of hydrogen-bond donors (Lipinski definition) is 2. The van der Waals surface area contributed by atoms with Gasteiger partial charge in [0.05, 0.1) is 21.7 Å². The summed E-state index contributed by atoms with van der Waals surface area (Å²) in [4.78, 5) is 11.6. The number of hydrogen-bond acceptors (Lipinski definition) is 2. The lowest BCUT2D eigenvalue weighted by atomic mass is 10.2. The second-order valence-corrected chi connectivity index (χ2v) is 3.95. The quantitative estimate of drug-likeness (QED) is 0.860. The first-order valence-corrected chi connectivity index (χ1v) is 5.18. The fraction of sp³-hybridized carbons (Fsp3) is 0.300. The third kappa shape index (κ3) is 3.38. The van der Waals surface area contributed by atoms with E-state index < -0.39 is 6.10 Å². The standard InChI is InChI=1S/C10H11Cl2NO2/c1-6(14)5-13-10(15)7-3-2-4-8(11)9(7)12/h2-4,6,14H,5H2,1H3,(H,13,15)/t6-/m0/s1. The largest absolute Gasteiger partial charge is 0.392 e. The monoisotopic (exact) mass is 247 g/mol. The van der Waals surface area contributed by atoms with Crippen molar-refractivity contribution in [1.82, 2.24) is 5.32 Å². The van der Waals surface area contributed by atoms with E-state index in [-0.39, 0.29) is 17.5 Å². The first-order chi connectivity index (χ1) is 7.02. The molecular weight excluding hydrogens is 237 g/mol. The number of rotatable bonds is 3. The highest BCUT2D eigenvalue weighted by Gasteiger charge is 2.12. The van der Waals surface area contributed by atoms with Crippen molar-refractivity contribution >= 4 is 29.1 Å². The maximum Gasteiger partial charge on any atom is 0.252 e. The number of amides is 1. The number of aliphatic hydroxyl groups is 1. The molecule has 5 heteroatoms. The van der Waals surface area contributed by atoms with E-state index >= 15 is 0 Å². The molecule has 0 aromatic heterocycles. The Morgan fingerprint density at radius 3 is 2.80 bits per heavy atom. The minimum Gasteiger partial charge on any atom is -0.392 e. The van der Waals surface area contributed by atoms with Crippen molar-refractivity contribution in [3.05, 3.63) is 33.8 Å². The van der Waals surface area contributed by atoms with Gasteiger partial charge in [0, 0.05) is 6.54 Å². The van der Waals surface area contributed by atoms with Crippen molar-refractivity contribution in [3.8, 4) is 0 Å². The number of halogens is 2. The van der Waals surface area contributed by atoms with Crippen molar-refractivity contribution in [3.63, 3.8) is 0 Å². The SMILES string of the molecule is C[C@H](O)CNC(=O)c1cccc(Cl)c1Cl. The Balaban J connectivity index is 2.78. The third-order valence-electron chi connectivity index (χ3n) is 1.75. The second-order valence-electron chi connectivity index (χ2n) is 3.16. The van der Waals surface area contributed by atoms with Gasteiger partial charge in [0.2, 0.25) is 0 Å². The van der Waals surface area contributed by atoms with Crippen LogP contribution in [0.3, 0.4) is 0 Å². The van der Waals surface area contributed by atoms with E-state index in [1.165, 1.54) is 0 Å². The lowest BCUT2D eigenvalue weighted by Crippen LogP contribution is -2.30. The highest BCUT2D eigenvalue weighted by molar-refractivity contribution is 6.43. The summed E-state index contributed by atoms with van der Waals surface area (Å²) >= 11 is 11.6. The normalized spacial score (nSPS) is 12.3. The van der Waals surface area contributed by atoms with Gasteiger partial charge in [0.1, 0.15) is 0 Å². The van der Waals surface area contributed by atoms with Crippen molar-refractivity contribution in [2.45, 2.75) is 13.0 Å². The Bertz CT molecular complexity index is 366. The van der Waals surface area contributed by atoms with E-state index in [9.17, 15) is 4.79 Å². The fourth-order valence-electron chi connectivity index (χ4n) is 1.01. The molecule has 0 unspecified atom stereocenters. The molecule has 0 aliphatic carbocycles. The molecule has 2 N–H and O–H groups in total. The molecule has 0 fully saturated rings. The predicted octanol–water partition coefficient (Wildman–Crippen LogP) is 2.10. The topological polar surface area (TPSA) is 49.3 Å². The molecule has 0 saturated carbocycles. The first-order valence-electron chi connectivity index (χ1n) is 4.42. The molecule has 3 nitrogen and oxygen atoms in total. The van der Waals surface area contributed by atoms with Gasteiger partial charge >= 0.3 is 0 Å². The van der Waals surface area contributed by atoms with Crippen LogP contribution >= 0.6 is 23.2 Å². The lowest BCUT2D eigenvalue weighted by molar-refractivity contribution is 0.0924. The Morgan fingerprint density at radius 1 is 1.53 bits per heavy atom. The van der Waals surface area contributed by atoms with Gasteiger partial charge in [-0.1, -0.05) is 29.3 Å². The molecule has 1 rings (SSSR count). The van der Waals surface area contributed by atoms with Gasteiger partial charge in [-0.3, -0.25) is 4.79 Å². The van der Waals surface area contributed by atoms with Gasteiger partial charge in [-0.2, -0.15) is 0 Å². The zero-order valence-corrected chi connectivity index (χ0v) is 9.64. The van der Waals surface area contributed by atoms with Crippen LogP contribution in [0.2, 0.25) is 10.0 Å². The molecule has 0 spiro atoms. The van der Waals surface area contributed by atoms with Gasteiger partial charge in [-0.05, 0) is 19.1 Å². The number of carbonyl (C=O) groups excluding carboxylic acids is 1. The minimum absolute atomic E-state index is 0.182. The molecule has 0 heterocycles. The van der Waals surface area contributed by atoms with Crippen LogP contribution in [0.1, 0.15) is 17.3 Å². The Kier molecular flexibility index (Phi) is 4.39. The average molecular weight is 248 g/mol.